The number of hydrogen-bond acceptors (Lipinski definition) is 2. The van der Waals surface area contributed by atoms with Gasteiger partial charge in [-0.05, 0) is 19.0 Å². The summed E-state index contributed by atoms with van der Waals surface area (Å²) in [5, 5.41) is 3.33. The van der Waals surface area contributed by atoms with E-state index in [9.17, 15) is 0 Å². The highest BCUT2D eigenvalue weighted by Crippen LogP contribution is 2.07. The fourth-order valence-electron chi connectivity index (χ4n) is 1.78. The molecule has 1 N–H and O–H groups in total. The van der Waals surface area contributed by atoms with Gasteiger partial charge in [0.15, 0.2) is 0 Å². The molecule has 1 aromatic carbocycles. The summed E-state index contributed by atoms with van der Waals surface area (Å²) in [6.07, 6.45) is 3.82. The lowest BCUT2D eigenvalue weighted by atomic mass is 10.1. The van der Waals surface area contributed by atoms with E-state index in [4.69, 9.17) is 0 Å². The molecule has 0 aliphatic carbocycles. The summed E-state index contributed by atoms with van der Waals surface area (Å²) in [6, 6.07) is 8.64. The van der Waals surface area contributed by atoms with Crippen molar-refractivity contribution < 1.29 is 0 Å². The van der Waals surface area contributed by atoms with Crippen molar-refractivity contribution in [2.45, 2.75) is 26.9 Å². The highest BCUT2D eigenvalue weighted by atomic mass is 15.1. The van der Waals surface area contributed by atoms with Crippen LogP contribution in [0.25, 0.3) is 0 Å². The first-order chi connectivity index (χ1) is 8.29. The van der Waals surface area contributed by atoms with Crippen molar-refractivity contribution >= 4 is 0 Å². The Labute approximate surface area is 103 Å². The Kier molecular flexibility index (Phi) is 3.94. The molecular formula is C14H19N3. The monoisotopic (exact) mass is 229 g/mol. The molecule has 90 valence electrons. The Balaban J connectivity index is 2.07. The van der Waals surface area contributed by atoms with Crippen molar-refractivity contribution in [1.29, 1.82) is 0 Å². The van der Waals surface area contributed by atoms with E-state index in [0.717, 1.165) is 19.6 Å². The van der Waals surface area contributed by atoms with E-state index >= 15 is 0 Å². The number of rotatable bonds is 5. The first kappa shape index (κ1) is 11.9. The van der Waals surface area contributed by atoms with Crippen molar-refractivity contribution in [3.63, 3.8) is 0 Å². The number of benzene rings is 1. The zero-order valence-corrected chi connectivity index (χ0v) is 10.5. The third-order valence-corrected chi connectivity index (χ3v) is 2.83. The Hall–Kier alpha value is -1.61. The van der Waals surface area contributed by atoms with Crippen LogP contribution in [0.3, 0.4) is 0 Å². The molecule has 2 rings (SSSR count). The van der Waals surface area contributed by atoms with Gasteiger partial charge in [-0.1, -0.05) is 36.8 Å². The lowest BCUT2D eigenvalue weighted by molar-refractivity contribution is 0.657. The molecule has 0 saturated carbocycles. The SMILES string of the molecule is CCNCc1cncn1Cc1ccc(C)cc1. The van der Waals surface area contributed by atoms with E-state index < -0.39 is 0 Å². The van der Waals surface area contributed by atoms with Crippen molar-refractivity contribution in [1.82, 2.24) is 14.9 Å². The van der Waals surface area contributed by atoms with Crippen molar-refractivity contribution in [3.8, 4) is 0 Å². The maximum atomic E-state index is 4.21. The Morgan fingerprint density at radius 2 is 2.00 bits per heavy atom. The third kappa shape index (κ3) is 3.17. The van der Waals surface area contributed by atoms with Gasteiger partial charge in [0.05, 0.1) is 12.0 Å². The summed E-state index contributed by atoms with van der Waals surface area (Å²) in [4.78, 5) is 4.21. The maximum Gasteiger partial charge on any atom is 0.0951 e. The molecule has 0 aliphatic heterocycles. The number of aryl methyl sites for hydroxylation is 1. The predicted molar refractivity (Wildman–Crippen MR) is 69.9 cm³/mol. The highest BCUT2D eigenvalue weighted by molar-refractivity contribution is 5.22. The van der Waals surface area contributed by atoms with Gasteiger partial charge < -0.3 is 9.88 Å². The van der Waals surface area contributed by atoms with Gasteiger partial charge in [0.1, 0.15) is 0 Å². The molecule has 2 aromatic rings. The van der Waals surface area contributed by atoms with Crippen molar-refractivity contribution in [3.05, 3.63) is 53.6 Å². The van der Waals surface area contributed by atoms with Gasteiger partial charge in [-0.3, -0.25) is 0 Å². The summed E-state index contributed by atoms with van der Waals surface area (Å²) in [5.41, 5.74) is 3.84. The molecule has 0 fully saturated rings. The molecule has 3 nitrogen and oxygen atoms in total. The average molecular weight is 229 g/mol. The maximum absolute atomic E-state index is 4.21. The molecule has 3 heteroatoms. The second kappa shape index (κ2) is 5.64. The average Bonchev–Trinajstić information content (AvgIpc) is 2.77. The van der Waals surface area contributed by atoms with Crippen LogP contribution in [-0.4, -0.2) is 16.1 Å². The lowest BCUT2D eigenvalue weighted by Gasteiger charge is -2.08. The van der Waals surface area contributed by atoms with Gasteiger partial charge in [-0.15, -0.1) is 0 Å². The summed E-state index contributed by atoms with van der Waals surface area (Å²) < 4.78 is 2.19. The summed E-state index contributed by atoms with van der Waals surface area (Å²) in [5.74, 6) is 0. The molecule has 0 saturated heterocycles. The topological polar surface area (TPSA) is 29.9 Å². The lowest BCUT2D eigenvalue weighted by Crippen LogP contribution is -2.15. The zero-order valence-electron chi connectivity index (χ0n) is 10.5. The zero-order chi connectivity index (χ0) is 12.1. The van der Waals surface area contributed by atoms with E-state index in [1.54, 1.807) is 0 Å². The largest absolute Gasteiger partial charge is 0.329 e. The Bertz CT molecular complexity index is 457. The summed E-state index contributed by atoms with van der Waals surface area (Å²) >= 11 is 0. The third-order valence-electron chi connectivity index (χ3n) is 2.83. The molecule has 17 heavy (non-hydrogen) atoms. The minimum Gasteiger partial charge on any atom is -0.329 e. The summed E-state index contributed by atoms with van der Waals surface area (Å²) in [6.45, 7) is 6.97. The second-order valence-electron chi connectivity index (χ2n) is 4.28. The van der Waals surface area contributed by atoms with E-state index in [1.807, 2.05) is 12.5 Å². The number of hydrogen-bond donors (Lipinski definition) is 1. The van der Waals surface area contributed by atoms with Crippen LogP contribution in [0.1, 0.15) is 23.7 Å². The van der Waals surface area contributed by atoms with Crippen LogP contribution in [0.2, 0.25) is 0 Å². The molecule has 0 bridgehead atoms. The smallest absolute Gasteiger partial charge is 0.0951 e. The van der Waals surface area contributed by atoms with Crippen LogP contribution < -0.4 is 5.32 Å². The van der Waals surface area contributed by atoms with E-state index in [2.05, 4.69) is 53.0 Å². The fraction of sp³-hybridized carbons (Fsp3) is 0.357. The van der Waals surface area contributed by atoms with Crippen LogP contribution in [0, 0.1) is 6.92 Å². The van der Waals surface area contributed by atoms with E-state index in [0.29, 0.717) is 0 Å². The van der Waals surface area contributed by atoms with Crippen LogP contribution in [0.15, 0.2) is 36.8 Å². The first-order valence-corrected chi connectivity index (χ1v) is 6.05. The highest BCUT2D eigenvalue weighted by Gasteiger charge is 2.02. The number of nitrogens with zero attached hydrogens (tertiary/aromatic N) is 2. The quantitative estimate of drug-likeness (QED) is 0.853. The molecule has 1 aromatic heterocycles. The predicted octanol–water partition coefficient (Wildman–Crippen LogP) is 2.35. The first-order valence-electron chi connectivity index (χ1n) is 6.05. The molecule has 0 atom stereocenters. The standard InChI is InChI=1S/C14H19N3/c1-3-15-8-14-9-16-11-17(14)10-13-6-4-12(2)5-7-13/h4-7,9,11,15H,3,8,10H2,1-2H3. The van der Waals surface area contributed by atoms with E-state index in [1.165, 1.54) is 16.8 Å². The van der Waals surface area contributed by atoms with Crippen LogP contribution in [-0.2, 0) is 13.1 Å². The minimum absolute atomic E-state index is 0.877. The van der Waals surface area contributed by atoms with Gasteiger partial charge in [0.2, 0.25) is 0 Å². The van der Waals surface area contributed by atoms with Gasteiger partial charge in [0.25, 0.3) is 0 Å². The Morgan fingerprint density at radius 3 is 2.71 bits per heavy atom. The van der Waals surface area contributed by atoms with Gasteiger partial charge in [-0.2, -0.15) is 0 Å². The normalized spacial score (nSPS) is 10.7. The Morgan fingerprint density at radius 1 is 1.24 bits per heavy atom. The minimum atomic E-state index is 0.877. The van der Waals surface area contributed by atoms with Gasteiger partial charge in [-0.25, -0.2) is 4.98 Å². The number of aromatic nitrogens is 2. The molecule has 1 heterocycles. The number of imidazole rings is 1. The van der Waals surface area contributed by atoms with E-state index in [-0.39, 0.29) is 0 Å². The molecule has 0 spiro atoms. The fourth-order valence-corrected chi connectivity index (χ4v) is 1.78. The van der Waals surface area contributed by atoms with Crippen LogP contribution in [0.5, 0.6) is 0 Å². The van der Waals surface area contributed by atoms with Crippen molar-refractivity contribution in [2.24, 2.45) is 0 Å². The van der Waals surface area contributed by atoms with Crippen LogP contribution in [0.4, 0.5) is 0 Å². The summed E-state index contributed by atoms with van der Waals surface area (Å²) in [7, 11) is 0. The van der Waals surface area contributed by atoms with Gasteiger partial charge >= 0.3 is 0 Å². The van der Waals surface area contributed by atoms with Gasteiger partial charge in [0, 0.05) is 19.3 Å². The molecule has 0 aliphatic rings. The molecular weight excluding hydrogens is 210 g/mol. The second-order valence-corrected chi connectivity index (χ2v) is 4.28. The number of nitrogens with one attached hydrogen (secondary N) is 1. The van der Waals surface area contributed by atoms with Crippen molar-refractivity contribution in [2.75, 3.05) is 6.54 Å². The molecule has 0 unspecified atom stereocenters. The van der Waals surface area contributed by atoms with Crippen LogP contribution >= 0.6 is 0 Å². The molecule has 0 radical (unpaired) electrons. The molecule has 0 amide bonds.